The van der Waals surface area contributed by atoms with Crippen LogP contribution in [0.15, 0.2) is 0 Å². The highest BCUT2D eigenvalue weighted by Gasteiger charge is 2.39. The Morgan fingerprint density at radius 2 is 1.25 bits per heavy atom. The minimum Gasteiger partial charge on any atom is -0.323 e. The second-order valence-electron chi connectivity index (χ2n) is 2.82. The first kappa shape index (κ1) is 15.4. The number of hydrogen-bond acceptors (Lipinski definition) is 4. The molecule has 0 aliphatic heterocycles. The van der Waals surface area contributed by atoms with Gasteiger partial charge in [-0.05, 0) is 0 Å². The van der Waals surface area contributed by atoms with Crippen molar-refractivity contribution in [2.45, 2.75) is 18.3 Å². The predicted octanol–water partition coefficient (Wildman–Crippen LogP) is 0.715. The summed E-state index contributed by atoms with van der Waals surface area (Å²) in [4.78, 5) is 0. The maximum absolute atomic E-state index is 12.5. The average Bonchev–Trinajstić information content (AvgIpc) is 2.12. The fraction of sp³-hybridized carbons (Fsp3) is 1.00. The van der Waals surface area contributed by atoms with Crippen LogP contribution in [0, 0.1) is 0 Å². The first-order valence-corrected chi connectivity index (χ1v) is 3.88. The van der Waals surface area contributed by atoms with Crippen LogP contribution < -0.4 is 11.5 Å². The Balaban J connectivity index is 4.06. The van der Waals surface area contributed by atoms with Crippen molar-refractivity contribution < 1.29 is 35.8 Å². The summed E-state index contributed by atoms with van der Waals surface area (Å²) in [6.45, 7) is -5.05. The van der Waals surface area contributed by atoms with Gasteiger partial charge in [-0.15, -0.1) is 0 Å². The lowest BCUT2D eigenvalue weighted by Crippen LogP contribution is -2.42. The Morgan fingerprint density at radius 1 is 0.812 bits per heavy atom. The SMILES string of the molecule is NCC(F)(F)OCC(F)(F)OCC(N)(F)F. The van der Waals surface area contributed by atoms with E-state index in [0.717, 1.165) is 0 Å². The van der Waals surface area contributed by atoms with Crippen LogP contribution >= 0.6 is 0 Å². The number of alkyl halides is 6. The molecule has 4 nitrogen and oxygen atoms in total. The van der Waals surface area contributed by atoms with Crippen molar-refractivity contribution in [2.75, 3.05) is 19.8 Å². The molecule has 10 heteroatoms. The second kappa shape index (κ2) is 5.17. The molecule has 0 bridgehead atoms. The zero-order chi connectivity index (χ0) is 13.0. The third-order valence-corrected chi connectivity index (χ3v) is 1.16. The lowest BCUT2D eigenvalue weighted by molar-refractivity contribution is -0.329. The highest BCUT2D eigenvalue weighted by molar-refractivity contribution is 4.60. The van der Waals surface area contributed by atoms with E-state index in [2.05, 4.69) is 20.9 Å². The van der Waals surface area contributed by atoms with E-state index in [1.807, 2.05) is 0 Å². The summed E-state index contributed by atoms with van der Waals surface area (Å²) < 4.78 is 80.0. The van der Waals surface area contributed by atoms with Gasteiger partial charge in [0.05, 0.1) is 6.54 Å². The molecule has 4 N–H and O–H groups in total. The monoisotopic (exact) mass is 256 g/mol. The van der Waals surface area contributed by atoms with Crippen LogP contribution in [0.1, 0.15) is 0 Å². The van der Waals surface area contributed by atoms with Gasteiger partial charge in [0, 0.05) is 0 Å². The smallest absolute Gasteiger partial charge is 0.323 e. The number of rotatable bonds is 7. The molecule has 0 aromatic carbocycles. The third-order valence-electron chi connectivity index (χ3n) is 1.16. The Morgan fingerprint density at radius 3 is 1.62 bits per heavy atom. The van der Waals surface area contributed by atoms with Crippen molar-refractivity contribution >= 4 is 0 Å². The molecule has 0 aliphatic carbocycles. The fourth-order valence-corrected chi connectivity index (χ4v) is 0.492. The van der Waals surface area contributed by atoms with Gasteiger partial charge in [-0.2, -0.15) is 26.3 Å². The Bertz CT molecular complexity index is 220. The summed E-state index contributed by atoms with van der Waals surface area (Å²) in [6, 6.07) is -3.99. The van der Waals surface area contributed by atoms with Gasteiger partial charge in [0.1, 0.15) is 13.2 Å². The third kappa shape index (κ3) is 7.68. The van der Waals surface area contributed by atoms with E-state index in [4.69, 9.17) is 0 Å². The normalized spacial score (nSPS) is 14.2. The number of hydrogen-bond donors (Lipinski definition) is 2. The van der Waals surface area contributed by atoms with Gasteiger partial charge in [0.2, 0.25) is 0 Å². The molecule has 0 aromatic heterocycles. The molecule has 0 spiro atoms. The first-order valence-electron chi connectivity index (χ1n) is 3.88. The van der Waals surface area contributed by atoms with Crippen molar-refractivity contribution in [1.29, 1.82) is 0 Å². The van der Waals surface area contributed by atoms with Gasteiger partial charge >= 0.3 is 18.3 Å². The maximum Gasteiger partial charge on any atom is 0.379 e. The molecule has 0 aromatic rings. The molecule has 98 valence electrons. The van der Waals surface area contributed by atoms with E-state index in [0.29, 0.717) is 0 Å². The fourth-order valence-electron chi connectivity index (χ4n) is 0.492. The van der Waals surface area contributed by atoms with Crippen molar-refractivity contribution in [3.8, 4) is 0 Å². The molecule has 0 amide bonds. The van der Waals surface area contributed by atoms with Crippen molar-refractivity contribution in [1.82, 2.24) is 0 Å². The molecule has 0 saturated heterocycles. The summed E-state index contributed by atoms with van der Waals surface area (Å²) in [5.74, 6) is 0. The predicted molar refractivity (Wildman–Crippen MR) is 40.0 cm³/mol. The molecular weight excluding hydrogens is 246 g/mol. The van der Waals surface area contributed by atoms with Crippen molar-refractivity contribution in [3.63, 3.8) is 0 Å². The summed E-state index contributed by atoms with van der Waals surface area (Å²) in [5.41, 5.74) is 8.53. The second-order valence-corrected chi connectivity index (χ2v) is 2.82. The minimum atomic E-state index is -4.30. The molecule has 0 heterocycles. The van der Waals surface area contributed by atoms with E-state index in [-0.39, 0.29) is 0 Å². The van der Waals surface area contributed by atoms with Crippen LogP contribution in [-0.4, -0.2) is 38.0 Å². The van der Waals surface area contributed by atoms with Crippen LogP contribution in [0.25, 0.3) is 0 Å². The summed E-state index contributed by atoms with van der Waals surface area (Å²) >= 11 is 0. The molecule has 0 rings (SSSR count). The van der Waals surface area contributed by atoms with Crippen LogP contribution in [0.5, 0.6) is 0 Å². The molecule has 0 radical (unpaired) electrons. The minimum absolute atomic E-state index is 1.32. The summed E-state index contributed by atoms with van der Waals surface area (Å²) in [7, 11) is 0. The van der Waals surface area contributed by atoms with Crippen molar-refractivity contribution in [2.24, 2.45) is 11.5 Å². The molecule has 0 saturated carbocycles. The van der Waals surface area contributed by atoms with Gasteiger partial charge in [-0.25, -0.2) is 0 Å². The summed E-state index contributed by atoms with van der Waals surface area (Å²) in [5, 5.41) is 0. The molecular formula is C6H10F6N2O2. The largest absolute Gasteiger partial charge is 0.379 e. The maximum atomic E-state index is 12.5. The van der Waals surface area contributed by atoms with E-state index in [9.17, 15) is 26.3 Å². The highest BCUT2D eigenvalue weighted by Crippen LogP contribution is 2.22. The van der Waals surface area contributed by atoms with E-state index in [1.54, 1.807) is 0 Å². The molecule has 0 aliphatic rings. The zero-order valence-electron chi connectivity index (χ0n) is 7.86. The van der Waals surface area contributed by atoms with Crippen LogP contribution in [-0.2, 0) is 9.47 Å². The van der Waals surface area contributed by atoms with E-state index < -0.39 is 38.0 Å². The Kier molecular flexibility index (Phi) is 4.98. The number of ether oxygens (including phenoxy) is 2. The average molecular weight is 256 g/mol. The lowest BCUT2D eigenvalue weighted by Gasteiger charge is -2.21. The van der Waals surface area contributed by atoms with Gasteiger partial charge in [0.25, 0.3) is 0 Å². The first-order chi connectivity index (χ1) is 6.97. The van der Waals surface area contributed by atoms with Crippen LogP contribution in [0.4, 0.5) is 26.3 Å². The molecule has 0 fully saturated rings. The van der Waals surface area contributed by atoms with Gasteiger partial charge in [-0.3, -0.25) is 5.73 Å². The van der Waals surface area contributed by atoms with Crippen LogP contribution in [0.3, 0.4) is 0 Å². The number of nitrogens with two attached hydrogens (primary N) is 2. The lowest BCUT2D eigenvalue weighted by atomic mass is 10.5. The number of halogens is 6. The molecule has 0 atom stereocenters. The Labute approximate surface area is 86.5 Å². The van der Waals surface area contributed by atoms with E-state index >= 15 is 0 Å². The highest BCUT2D eigenvalue weighted by atomic mass is 19.3. The van der Waals surface area contributed by atoms with Gasteiger partial charge < -0.3 is 15.2 Å². The molecule has 0 unspecified atom stereocenters. The quantitative estimate of drug-likeness (QED) is 0.520. The molecule has 16 heavy (non-hydrogen) atoms. The van der Waals surface area contributed by atoms with Gasteiger partial charge in [0.15, 0.2) is 0 Å². The Hall–Kier alpha value is -0.580. The van der Waals surface area contributed by atoms with Crippen molar-refractivity contribution in [3.05, 3.63) is 0 Å². The van der Waals surface area contributed by atoms with Crippen LogP contribution in [0.2, 0.25) is 0 Å². The van der Waals surface area contributed by atoms with Gasteiger partial charge in [-0.1, -0.05) is 0 Å². The standard InChI is InChI=1S/C6H10F6N2O2/c7-4(8,14)2-15-6(11,12)3-16-5(9,10)1-13/h1-3,13-14H2. The zero-order valence-corrected chi connectivity index (χ0v) is 7.86. The topological polar surface area (TPSA) is 70.5 Å². The van der Waals surface area contributed by atoms with E-state index in [1.165, 1.54) is 0 Å². The summed E-state index contributed by atoms with van der Waals surface area (Å²) in [6.07, 6.45) is -8.28.